The maximum atomic E-state index is 13.0. The van der Waals surface area contributed by atoms with Crippen molar-refractivity contribution in [3.05, 3.63) is 54.3 Å². The Hall–Kier alpha value is -2.04. The van der Waals surface area contributed by atoms with E-state index in [0.29, 0.717) is 0 Å². The second-order valence-electron chi connectivity index (χ2n) is 3.47. The molecule has 0 spiro atoms. The van der Waals surface area contributed by atoms with Crippen LogP contribution < -0.4 is 4.74 Å². The quantitative estimate of drug-likeness (QED) is 0.731. The molecule has 2 rings (SSSR count). The number of ether oxygens (including phenoxy) is 1. The standard InChI is InChI=1S/C13H7F4O/c14-10-5-3-4-9(8-10)11-6-1-2-7-12(11)18-13(15,16)17/h1-5,7-8H. The van der Waals surface area contributed by atoms with Gasteiger partial charge in [0.15, 0.2) is 0 Å². The van der Waals surface area contributed by atoms with E-state index in [-0.39, 0.29) is 11.1 Å². The molecule has 0 atom stereocenters. The topological polar surface area (TPSA) is 9.23 Å². The van der Waals surface area contributed by atoms with Crippen molar-refractivity contribution in [1.29, 1.82) is 0 Å². The molecule has 18 heavy (non-hydrogen) atoms. The average molecular weight is 255 g/mol. The summed E-state index contributed by atoms with van der Waals surface area (Å²) in [5.41, 5.74) is 0.337. The Bertz CT molecular complexity index is 549. The van der Waals surface area contributed by atoms with Gasteiger partial charge in [0.2, 0.25) is 0 Å². The third-order valence-corrected chi connectivity index (χ3v) is 2.16. The van der Waals surface area contributed by atoms with Crippen molar-refractivity contribution >= 4 is 0 Å². The van der Waals surface area contributed by atoms with Crippen molar-refractivity contribution in [2.24, 2.45) is 0 Å². The lowest BCUT2D eigenvalue weighted by Crippen LogP contribution is -2.17. The van der Waals surface area contributed by atoms with Crippen LogP contribution in [0.1, 0.15) is 0 Å². The molecule has 0 N–H and O–H groups in total. The van der Waals surface area contributed by atoms with Crippen LogP contribution in [-0.4, -0.2) is 6.36 Å². The SMILES string of the molecule is Fc1cccc(-c2[c]cccc2OC(F)(F)F)c1. The van der Waals surface area contributed by atoms with Crippen molar-refractivity contribution in [3.8, 4) is 16.9 Å². The van der Waals surface area contributed by atoms with Crippen LogP contribution in [0.25, 0.3) is 11.1 Å². The molecular formula is C13H7F4O. The van der Waals surface area contributed by atoms with Gasteiger partial charge in [0, 0.05) is 5.56 Å². The van der Waals surface area contributed by atoms with Gasteiger partial charge in [-0.15, -0.1) is 13.2 Å². The summed E-state index contributed by atoms with van der Waals surface area (Å²) in [6.07, 6.45) is -4.79. The molecular weight excluding hydrogens is 248 g/mol. The van der Waals surface area contributed by atoms with Crippen molar-refractivity contribution < 1.29 is 22.3 Å². The Morgan fingerprint density at radius 2 is 1.83 bits per heavy atom. The summed E-state index contributed by atoms with van der Waals surface area (Å²) in [5, 5.41) is 0. The molecule has 0 bridgehead atoms. The van der Waals surface area contributed by atoms with Crippen LogP contribution in [0.3, 0.4) is 0 Å². The van der Waals surface area contributed by atoms with Crippen molar-refractivity contribution in [2.45, 2.75) is 6.36 Å². The highest BCUT2D eigenvalue weighted by Gasteiger charge is 2.32. The summed E-state index contributed by atoms with van der Waals surface area (Å²) in [5.74, 6) is -0.946. The first-order chi connectivity index (χ1) is 8.46. The number of rotatable bonds is 2. The normalized spacial score (nSPS) is 11.3. The molecule has 1 radical (unpaired) electrons. The smallest absolute Gasteiger partial charge is 0.405 e. The third kappa shape index (κ3) is 3.00. The molecule has 0 fully saturated rings. The summed E-state index contributed by atoms with van der Waals surface area (Å²) < 4.78 is 53.5. The molecule has 0 aliphatic carbocycles. The van der Waals surface area contributed by atoms with Gasteiger partial charge < -0.3 is 4.74 Å². The van der Waals surface area contributed by atoms with Gasteiger partial charge in [-0.05, 0) is 29.8 Å². The Morgan fingerprint density at radius 1 is 1.06 bits per heavy atom. The molecule has 2 aromatic rings. The zero-order chi connectivity index (χ0) is 13.2. The monoisotopic (exact) mass is 255 g/mol. The lowest BCUT2D eigenvalue weighted by Gasteiger charge is -2.12. The molecule has 0 saturated carbocycles. The number of halogens is 4. The van der Waals surface area contributed by atoms with E-state index < -0.39 is 17.9 Å². The summed E-state index contributed by atoms with van der Waals surface area (Å²) in [6, 6.07) is 11.8. The second kappa shape index (κ2) is 4.68. The molecule has 0 aromatic heterocycles. The van der Waals surface area contributed by atoms with Crippen LogP contribution in [0.5, 0.6) is 5.75 Å². The van der Waals surface area contributed by atoms with Crippen LogP contribution in [0.2, 0.25) is 0 Å². The van der Waals surface area contributed by atoms with Crippen LogP contribution in [-0.2, 0) is 0 Å². The molecule has 93 valence electrons. The number of hydrogen-bond acceptors (Lipinski definition) is 1. The molecule has 1 nitrogen and oxygen atoms in total. The first kappa shape index (κ1) is 12.4. The largest absolute Gasteiger partial charge is 0.573 e. The molecule has 0 aliphatic rings. The van der Waals surface area contributed by atoms with E-state index in [1.807, 2.05) is 0 Å². The van der Waals surface area contributed by atoms with E-state index in [0.717, 1.165) is 12.1 Å². The summed E-state index contributed by atoms with van der Waals surface area (Å²) in [7, 11) is 0. The van der Waals surface area contributed by atoms with E-state index in [1.165, 1.54) is 30.3 Å². The van der Waals surface area contributed by atoms with Crippen LogP contribution in [0.4, 0.5) is 17.6 Å². The fourth-order valence-electron chi connectivity index (χ4n) is 1.50. The summed E-state index contributed by atoms with van der Waals surface area (Å²) in [4.78, 5) is 0. The zero-order valence-corrected chi connectivity index (χ0v) is 8.96. The molecule has 0 unspecified atom stereocenters. The summed E-state index contributed by atoms with van der Waals surface area (Å²) in [6.45, 7) is 0. The molecule has 0 saturated heterocycles. The van der Waals surface area contributed by atoms with Gasteiger partial charge in [-0.2, -0.15) is 0 Å². The van der Waals surface area contributed by atoms with Gasteiger partial charge in [0.1, 0.15) is 11.6 Å². The molecule has 0 amide bonds. The lowest BCUT2D eigenvalue weighted by atomic mass is 10.0. The lowest BCUT2D eigenvalue weighted by molar-refractivity contribution is -0.274. The van der Waals surface area contributed by atoms with E-state index in [2.05, 4.69) is 10.8 Å². The zero-order valence-electron chi connectivity index (χ0n) is 8.96. The maximum absolute atomic E-state index is 13.0. The molecule has 0 heterocycles. The summed E-state index contributed by atoms with van der Waals surface area (Å²) >= 11 is 0. The third-order valence-electron chi connectivity index (χ3n) is 2.16. The van der Waals surface area contributed by atoms with Crippen molar-refractivity contribution in [1.82, 2.24) is 0 Å². The Kier molecular flexibility index (Phi) is 3.23. The predicted octanol–water partition coefficient (Wildman–Crippen LogP) is 4.19. The molecule has 5 heteroatoms. The van der Waals surface area contributed by atoms with Crippen molar-refractivity contribution in [3.63, 3.8) is 0 Å². The molecule has 0 aliphatic heterocycles. The highest BCUT2D eigenvalue weighted by Crippen LogP contribution is 2.33. The van der Waals surface area contributed by atoms with Crippen LogP contribution >= 0.6 is 0 Å². The Labute approximate surface area is 101 Å². The minimum absolute atomic E-state index is 0.0642. The maximum Gasteiger partial charge on any atom is 0.573 e. The van der Waals surface area contributed by atoms with Gasteiger partial charge in [0.05, 0.1) is 0 Å². The first-order valence-electron chi connectivity index (χ1n) is 4.98. The van der Waals surface area contributed by atoms with Crippen molar-refractivity contribution in [2.75, 3.05) is 0 Å². The predicted molar refractivity (Wildman–Crippen MR) is 57.4 cm³/mol. The number of alkyl halides is 3. The highest BCUT2D eigenvalue weighted by atomic mass is 19.4. The highest BCUT2D eigenvalue weighted by molar-refractivity contribution is 5.69. The first-order valence-corrected chi connectivity index (χ1v) is 4.98. The minimum Gasteiger partial charge on any atom is -0.405 e. The van der Waals surface area contributed by atoms with Gasteiger partial charge >= 0.3 is 6.36 Å². The van der Waals surface area contributed by atoms with Gasteiger partial charge in [-0.3, -0.25) is 0 Å². The average Bonchev–Trinajstić information content (AvgIpc) is 2.27. The Morgan fingerprint density at radius 3 is 2.50 bits per heavy atom. The Balaban J connectivity index is 2.45. The van der Waals surface area contributed by atoms with E-state index in [9.17, 15) is 17.6 Å². The van der Waals surface area contributed by atoms with E-state index in [1.54, 1.807) is 0 Å². The van der Waals surface area contributed by atoms with Gasteiger partial charge in [0.25, 0.3) is 0 Å². The van der Waals surface area contributed by atoms with Gasteiger partial charge in [-0.1, -0.05) is 24.3 Å². The van der Waals surface area contributed by atoms with Crippen LogP contribution in [0.15, 0.2) is 42.5 Å². The fraction of sp³-hybridized carbons (Fsp3) is 0.0769. The molecule has 2 aromatic carbocycles. The van der Waals surface area contributed by atoms with E-state index >= 15 is 0 Å². The van der Waals surface area contributed by atoms with Crippen LogP contribution in [0, 0.1) is 11.9 Å². The van der Waals surface area contributed by atoms with Gasteiger partial charge in [-0.25, -0.2) is 4.39 Å². The second-order valence-corrected chi connectivity index (χ2v) is 3.47. The minimum atomic E-state index is -4.79. The van der Waals surface area contributed by atoms with E-state index in [4.69, 9.17) is 0 Å². The number of hydrogen-bond donors (Lipinski definition) is 0. The number of benzene rings is 2. The fourth-order valence-corrected chi connectivity index (χ4v) is 1.50.